The summed E-state index contributed by atoms with van der Waals surface area (Å²) in [5.41, 5.74) is 3.02. The zero-order valence-corrected chi connectivity index (χ0v) is 20.0. The first-order valence-electron chi connectivity index (χ1n) is 10.2. The van der Waals surface area contributed by atoms with Crippen LogP contribution in [0.3, 0.4) is 0 Å². The number of oxazole rings is 1. The SMILES string of the molecule is COc1cc(-c2coc(C(=O)CC(OC)c3ccc(N4CCN=N4)cc3)n2)cc(OC)c1Br. The lowest BCUT2D eigenvalue weighted by Gasteiger charge is -2.16. The maximum atomic E-state index is 12.9. The van der Waals surface area contributed by atoms with Gasteiger partial charge in [0, 0.05) is 19.1 Å². The molecular weight excluding hydrogens is 492 g/mol. The predicted molar refractivity (Wildman–Crippen MR) is 125 cm³/mol. The molecule has 0 saturated carbocycles. The maximum absolute atomic E-state index is 12.9. The molecule has 9 nitrogen and oxygen atoms in total. The van der Waals surface area contributed by atoms with Gasteiger partial charge in [-0.05, 0) is 45.8 Å². The average Bonchev–Trinajstić information content (AvgIpc) is 3.55. The van der Waals surface area contributed by atoms with Gasteiger partial charge in [0.05, 0.1) is 39.1 Å². The van der Waals surface area contributed by atoms with Crippen molar-refractivity contribution < 1.29 is 23.4 Å². The fraction of sp³-hybridized carbons (Fsp3) is 0.304. The minimum atomic E-state index is -0.435. The van der Waals surface area contributed by atoms with Crippen molar-refractivity contribution in [2.45, 2.75) is 12.5 Å². The monoisotopic (exact) mass is 514 g/mol. The maximum Gasteiger partial charge on any atom is 0.263 e. The summed E-state index contributed by atoms with van der Waals surface area (Å²) in [6.45, 7) is 1.45. The molecule has 4 rings (SSSR count). The Morgan fingerprint density at radius 1 is 1.15 bits per heavy atom. The molecule has 1 aliphatic rings. The summed E-state index contributed by atoms with van der Waals surface area (Å²) in [6, 6.07) is 11.3. The second-order valence-electron chi connectivity index (χ2n) is 7.25. The number of hydrogen-bond acceptors (Lipinski definition) is 9. The highest BCUT2D eigenvalue weighted by molar-refractivity contribution is 9.10. The highest BCUT2D eigenvalue weighted by Gasteiger charge is 2.22. The van der Waals surface area contributed by atoms with Gasteiger partial charge >= 0.3 is 0 Å². The Kier molecular flexibility index (Phi) is 7.05. The van der Waals surface area contributed by atoms with Gasteiger partial charge in [-0.3, -0.25) is 4.79 Å². The molecule has 0 N–H and O–H groups in total. The standard InChI is InChI=1S/C23H23BrN4O5/c1-30-19(14-4-6-16(7-5-14)28-9-8-25-27-28)12-18(29)23-26-17(13-33-23)15-10-20(31-2)22(24)21(11-15)32-3/h4-7,10-11,13,19H,8-9,12H2,1-3H3. The van der Waals surface area contributed by atoms with E-state index in [1.807, 2.05) is 29.3 Å². The molecule has 33 heavy (non-hydrogen) atoms. The number of nitrogens with zero attached hydrogens (tertiary/aromatic N) is 4. The van der Waals surface area contributed by atoms with E-state index in [0.29, 0.717) is 33.8 Å². The number of aromatic nitrogens is 1. The van der Waals surface area contributed by atoms with Crippen molar-refractivity contribution in [1.29, 1.82) is 0 Å². The van der Waals surface area contributed by atoms with Crippen molar-refractivity contribution in [2.24, 2.45) is 10.3 Å². The lowest BCUT2D eigenvalue weighted by molar-refractivity contribution is 0.0704. The minimum Gasteiger partial charge on any atom is -0.495 e. The van der Waals surface area contributed by atoms with Gasteiger partial charge in [-0.15, -0.1) is 0 Å². The van der Waals surface area contributed by atoms with E-state index in [4.69, 9.17) is 18.6 Å². The van der Waals surface area contributed by atoms with E-state index >= 15 is 0 Å². The lowest BCUT2D eigenvalue weighted by Crippen LogP contribution is -2.14. The van der Waals surface area contributed by atoms with Crippen LogP contribution in [0.2, 0.25) is 0 Å². The summed E-state index contributed by atoms with van der Waals surface area (Å²) in [7, 11) is 4.70. The predicted octanol–water partition coefficient (Wildman–Crippen LogP) is 5.27. The number of halogens is 1. The third-order valence-electron chi connectivity index (χ3n) is 5.29. The van der Waals surface area contributed by atoms with Gasteiger partial charge in [0.15, 0.2) is 0 Å². The molecule has 1 aliphatic heterocycles. The molecule has 0 saturated heterocycles. The number of hydrogen-bond donors (Lipinski definition) is 0. The first kappa shape index (κ1) is 22.9. The van der Waals surface area contributed by atoms with Crippen LogP contribution in [0.15, 0.2) is 61.9 Å². The van der Waals surface area contributed by atoms with Gasteiger partial charge < -0.3 is 18.6 Å². The Bertz CT molecular complexity index is 1140. The Morgan fingerprint density at radius 3 is 2.42 bits per heavy atom. The average molecular weight is 515 g/mol. The molecule has 3 aromatic rings. The first-order chi connectivity index (χ1) is 16.0. The van der Waals surface area contributed by atoms with Gasteiger partial charge in [-0.1, -0.05) is 17.4 Å². The van der Waals surface area contributed by atoms with E-state index in [9.17, 15) is 4.79 Å². The van der Waals surface area contributed by atoms with Crippen molar-refractivity contribution >= 4 is 27.4 Å². The van der Waals surface area contributed by atoms with Crippen LogP contribution < -0.4 is 14.5 Å². The molecule has 1 unspecified atom stereocenters. The Labute approximate surface area is 199 Å². The summed E-state index contributed by atoms with van der Waals surface area (Å²) in [6.07, 6.45) is 1.10. The normalized spacial score (nSPS) is 13.9. The molecule has 2 aromatic carbocycles. The molecule has 1 atom stereocenters. The van der Waals surface area contributed by atoms with Crippen LogP contribution >= 0.6 is 15.9 Å². The molecule has 0 aliphatic carbocycles. The summed E-state index contributed by atoms with van der Waals surface area (Å²) < 4.78 is 22.5. The van der Waals surface area contributed by atoms with Crippen LogP contribution in [-0.2, 0) is 4.74 Å². The molecule has 1 aromatic heterocycles. The number of benzene rings is 2. The fourth-order valence-corrected chi connectivity index (χ4v) is 4.04. The number of Topliss-reactive ketones (excluding diaryl/α,β-unsaturated/α-hetero) is 1. The molecule has 0 amide bonds. The van der Waals surface area contributed by atoms with Crippen molar-refractivity contribution in [2.75, 3.05) is 39.4 Å². The van der Waals surface area contributed by atoms with Crippen LogP contribution in [0.4, 0.5) is 5.69 Å². The van der Waals surface area contributed by atoms with Crippen molar-refractivity contribution in [3.63, 3.8) is 0 Å². The zero-order chi connectivity index (χ0) is 23.4. The van der Waals surface area contributed by atoms with Crippen LogP contribution in [0.1, 0.15) is 28.8 Å². The van der Waals surface area contributed by atoms with Gasteiger partial charge in [-0.2, -0.15) is 5.11 Å². The van der Waals surface area contributed by atoms with Crippen molar-refractivity contribution in [1.82, 2.24) is 4.98 Å². The number of rotatable bonds is 9. The highest BCUT2D eigenvalue weighted by Crippen LogP contribution is 2.38. The molecule has 0 fully saturated rings. The number of carbonyl (C=O) groups excluding carboxylic acids is 1. The molecule has 10 heteroatoms. The third kappa shape index (κ3) is 4.91. The summed E-state index contributed by atoms with van der Waals surface area (Å²) in [5, 5.41) is 9.89. The summed E-state index contributed by atoms with van der Waals surface area (Å²) in [4.78, 5) is 17.3. The molecule has 0 spiro atoms. The van der Waals surface area contributed by atoms with Crippen molar-refractivity contribution in [3.8, 4) is 22.8 Å². The Hall–Kier alpha value is -3.24. The van der Waals surface area contributed by atoms with Crippen LogP contribution in [-0.4, -0.2) is 45.2 Å². The van der Waals surface area contributed by atoms with Crippen molar-refractivity contribution in [3.05, 3.63) is 58.6 Å². The topological polar surface area (TPSA) is 98.8 Å². The smallest absolute Gasteiger partial charge is 0.263 e. The van der Waals surface area contributed by atoms with Gasteiger partial charge in [0.1, 0.15) is 27.9 Å². The molecular formula is C23H23BrN4O5. The number of anilines is 1. The summed E-state index contributed by atoms with van der Waals surface area (Å²) in [5.74, 6) is 0.917. The number of methoxy groups -OCH3 is 3. The second kappa shape index (κ2) is 10.1. The number of ketones is 1. The first-order valence-corrected chi connectivity index (χ1v) is 11.0. The highest BCUT2D eigenvalue weighted by atomic mass is 79.9. The second-order valence-corrected chi connectivity index (χ2v) is 8.05. The van der Waals surface area contributed by atoms with Gasteiger partial charge in [0.2, 0.25) is 5.78 Å². The quantitative estimate of drug-likeness (QED) is 0.358. The van der Waals surface area contributed by atoms with Crippen LogP contribution in [0, 0.1) is 0 Å². The van der Waals surface area contributed by atoms with E-state index < -0.39 is 6.10 Å². The molecule has 0 bridgehead atoms. The fourth-order valence-electron chi connectivity index (χ4n) is 3.49. The molecule has 172 valence electrons. The van der Waals surface area contributed by atoms with E-state index in [1.165, 1.54) is 6.26 Å². The number of carbonyl (C=O) groups is 1. The Balaban J connectivity index is 1.49. The van der Waals surface area contributed by atoms with Gasteiger partial charge in [0.25, 0.3) is 5.89 Å². The zero-order valence-electron chi connectivity index (χ0n) is 18.4. The largest absolute Gasteiger partial charge is 0.495 e. The minimum absolute atomic E-state index is 0.0157. The van der Waals surface area contributed by atoms with Crippen LogP contribution in [0.25, 0.3) is 11.3 Å². The van der Waals surface area contributed by atoms with E-state index in [0.717, 1.165) is 17.8 Å². The van der Waals surface area contributed by atoms with E-state index in [-0.39, 0.29) is 18.1 Å². The number of ether oxygens (including phenoxy) is 3. The van der Waals surface area contributed by atoms with E-state index in [2.05, 4.69) is 31.3 Å². The van der Waals surface area contributed by atoms with E-state index in [1.54, 1.807) is 33.5 Å². The lowest BCUT2D eigenvalue weighted by atomic mass is 10.0. The van der Waals surface area contributed by atoms with Crippen LogP contribution in [0.5, 0.6) is 11.5 Å². The summed E-state index contributed by atoms with van der Waals surface area (Å²) >= 11 is 3.44. The Morgan fingerprint density at radius 2 is 1.85 bits per heavy atom. The third-order valence-corrected chi connectivity index (χ3v) is 6.07. The van der Waals surface area contributed by atoms with Gasteiger partial charge in [-0.25, -0.2) is 9.99 Å². The molecule has 0 radical (unpaired) electrons. The molecule has 2 heterocycles.